The van der Waals surface area contributed by atoms with Crippen LogP contribution in [-0.2, 0) is 4.79 Å². The van der Waals surface area contributed by atoms with Crippen LogP contribution in [0.4, 0.5) is 5.69 Å². The van der Waals surface area contributed by atoms with Crippen molar-refractivity contribution in [3.63, 3.8) is 0 Å². The molecule has 5 nitrogen and oxygen atoms in total. The Morgan fingerprint density at radius 2 is 2.26 bits per heavy atom. The summed E-state index contributed by atoms with van der Waals surface area (Å²) >= 11 is 0. The molecule has 1 fully saturated rings. The fourth-order valence-corrected chi connectivity index (χ4v) is 1.88. The standard InChI is InChI=1S/C13H15N3O2.ClH/c14-6-5-12(17)15-9-3-4-10-11(7-9)18-13(16-10)8-1-2-8;/h3-4,7-8H,1-2,5-6,14H2,(H,15,17);1H. The Labute approximate surface area is 117 Å². The van der Waals surface area contributed by atoms with E-state index in [2.05, 4.69) is 10.3 Å². The summed E-state index contributed by atoms with van der Waals surface area (Å²) in [5.41, 5.74) is 7.62. The number of fused-ring (bicyclic) bond motifs is 1. The molecule has 3 N–H and O–H groups in total. The lowest BCUT2D eigenvalue weighted by molar-refractivity contribution is -0.116. The van der Waals surface area contributed by atoms with Crippen LogP contribution in [0.5, 0.6) is 0 Å². The van der Waals surface area contributed by atoms with Crippen LogP contribution in [0.3, 0.4) is 0 Å². The first-order valence-electron chi connectivity index (χ1n) is 6.16. The zero-order valence-electron chi connectivity index (χ0n) is 10.4. The number of aromatic nitrogens is 1. The molecule has 2 aromatic rings. The normalized spacial score (nSPS) is 14.2. The van der Waals surface area contributed by atoms with Gasteiger partial charge in [0, 0.05) is 30.6 Å². The maximum Gasteiger partial charge on any atom is 0.225 e. The number of oxazole rings is 1. The van der Waals surface area contributed by atoms with Crippen LogP contribution in [0.1, 0.15) is 31.1 Å². The molecule has 0 unspecified atom stereocenters. The predicted octanol–water partition coefficient (Wildman–Crippen LogP) is 2.41. The van der Waals surface area contributed by atoms with E-state index < -0.39 is 0 Å². The number of nitrogens with zero attached hydrogens (tertiary/aromatic N) is 1. The van der Waals surface area contributed by atoms with Crippen molar-refractivity contribution in [2.24, 2.45) is 5.73 Å². The van der Waals surface area contributed by atoms with Crippen molar-refractivity contribution in [3.8, 4) is 0 Å². The third-order valence-electron chi connectivity index (χ3n) is 2.99. The van der Waals surface area contributed by atoms with Gasteiger partial charge < -0.3 is 15.5 Å². The topological polar surface area (TPSA) is 81.2 Å². The molecule has 1 aromatic heterocycles. The van der Waals surface area contributed by atoms with E-state index in [-0.39, 0.29) is 18.3 Å². The van der Waals surface area contributed by atoms with Gasteiger partial charge in [-0.15, -0.1) is 12.4 Å². The van der Waals surface area contributed by atoms with Gasteiger partial charge in [0.15, 0.2) is 11.5 Å². The zero-order valence-corrected chi connectivity index (χ0v) is 11.2. The van der Waals surface area contributed by atoms with Crippen molar-refractivity contribution >= 4 is 35.1 Å². The molecule has 102 valence electrons. The van der Waals surface area contributed by atoms with Gasteiger partial charge in [0.2, 0.25) is 5.91 Å². The molecule has 0 atom stereocenters. The Morgan fingerprint density at radius 1 is 1.47 bits per heavy atom. The van der Waals surface area contributed by atoms with Crippen LogP contribution < -0.4 is 11.1 Å². The van der Waals surface area contributed by atoms with Gasteiger partial charge in [-0.1, -0.05) is 0 Å². The molecule has 0 bridgehead atoms. The van der Waals surface area contributed by atoms with Crippen molar-refractivity contribution in [1.82, 2.24) is 4.98 Å². The number of nitrogens with one attached hydrogen (secondary N) is 1. The lowest BCUT2D eigenvalue weighted by Crippen LogP contribution is -2.15. The highest BCUT2D eigenvalue weighted by Crippen LogP contribution is 2.40. The molecular weight excluding hydrogens is 266 g/mol. The number of rotatable bonds is 4. The number of carbonyl (C=O) groups is 1. The van der Waals surface area contributed by atoms with Gasteiger partial charge in [-0.3, -0.25) is 4.79 Å². The number of nitrogens with two attached hydrogens (primary N) is 1. The summed E-state index contributed by atoms with van der Waals surface area (Å²) in [6.07, 6.45) is 2.64. The van der Waals surface area contributed by atoms with Gasteiger partial charge in [-0.25, -0.2) is 4.98 Å². The first kappa shape index (κ1) is 13.8. The molecule has 1 saturated carbocycles. The van der Waals surface area contributed by atoms with Crippen molar-refractivity contribution in [2.45, 2.75) is 25.2 Å². The number of hydrogen-bond donors (Lipinski definition) is 2. The minimum atomic E-state index is -0.0845. The van der Waals surface area contributed by atoms with Crippen LogP contribution in [0.2, 0.25) is 0 Å². The predicted molar refractivity (Wildman–Crippen MR) is 75.5 cm³/mol. The van der Waals surface area contributed by atoms with Crippen LogP contribution in [-0.4, -0.2) is 17.4 Å². The van der Waals surface area contributed by atoms with E-state index in [4.69, 9.17) is 10.2 Å². The van der Waals surface area contributed by atoms with Gasteiger partial charge in [0.05, 0.1) is 0 Å². The smallest absolute Gasteiger partial charge is 0.225 e. The summed E-state index contributed by atoms with van der Waals surface area (Å²) in [4.78, 5) is 15.9. The molecule has 3 rings (SSSR count). The third kappa shape index (κ3) is 3.05. The molecule has 1 heterocycles. The molecular formula is C13H16ClN3O2. The third-order valence-corrected chi connectivity index (χ3v) is 2.99. The molecule has 0 spiro atoms. The van der Waals surface area contributed by atoms with Crippen molar-refractivity contribution in [3.05, 3.63) is 24.1 Å². The first-order chi connectivity index (χ1) is 8.76. The van der Waals surface area contributed by atoms with Gasteiger partial charge in [0.25, 0.3) is 0 Å². The second-order valence-corrected chi connectivity index (χ2v) is 4.60. The lowest BCUT2D eigenvalue weighted by Gasteiger charge is -2.02. The van der Waals surface area contributed by atoms with Gasteiger partial charge in [-0.05, 0) is 25.0 Å². The van der Waals surface area contributed by atoms with E-state index in [1.807, 2.05) is 18.2 Å². The maximum absolute atomic E-state index is 11.4. The molecule has 0 aliphatic heterocycles. The second-order valence-electron chi connectivity index (χ2n) is 4.60. The quantitative estimate of drug-likeness (QED) is 0.902. The van der Waals surface area contributed by atoms with E-state index in [1.165, 1.54) is 0 Å². The average Bonchev–Trinajstić information content (AvgIpc) is 3.10. The Balaban J connectivity index is 0.00000133. The molecule has 1 amide bonds. The molecule has 19 heavy (non-hydrogen) atoms. The number of hydrogen-bond acceptors (Lipinski definition) is 4. The van der Waals surface area contributed by atoms with Crippen LogP contribution in [0.15, 0.2) is 22.6 Å². The monoisotopic (exact) mass is 281 g/mol. The van der Waals surface area contributed by atoms with Crippen molar-refractivity contribution in [1.29, 1.82) is 0 Å². The Kier molecular flexibility index (Phi) is 4.07. The lowest BCUT2D eigenvalue weighted by atomic mass is 10.2. The summed E-state index contributed by atoms with van der Waals surface area (Å²) in [7, 11) is 0. The van der Waals surface area contributed by atoms with Crippen molar-refractivity contribution in [2.75, 3.05) is 11.9 Å². The number of amides is 1. The highest BCUT2D eigenvalue weighted by atomic mass is 35.5. The number of halogens is 1. The first-order valence-corrected chi connectivity index (χ1v) is 6.16. The summed E-state index contributed by atoms with van der Waals surface area (Å²) in [6, 6.07) is 5.50. The molecule has 0 saturated heterocycles. The summed E-state index contributed by atoms with van der Waals surface area (Å²) in [5.74, 6) is 1.22. The Bertz CT molecular complexity index is 593. The highest BCUT2D eigenvalue weighted by molar-refractivity contribution is 5.92. The SMILES string of the molecule is Cl.NCCC(=O)Nc1ccc2nc(C3CC3)oc2c1. The van der Waals surface area contributed by atoms with E-state index in [9.17, 15) is 4.79 Å². The molecule has 1 aromatic carbocycles. The van der Waals surface area contributed by atoms with Crippen LogP contribution in [0.25, 0.3) is 11.1 Å². The fourth-order valence-electron chi connectivity index (χ4n) is 1.88. The summed E-state index contributed by atoms with van der Waals surface area (Å²) < 4.78 is 5.69. The minimum absolute atomic E-state index is 0. The Morgan fingerprint density at radius 3 is 2.95 bits per heavy atom. The van der Waals surface area contributed by atoms with E-state index in [1.54, 1.807) is 0 Å². The largest absolute Gasteiger partial charge is 0.440 e. The van der Waals surface area contributed by atoms with Gasteiger partial charge in [0.1, 0.15) is 5.52 Å². The van der Waals surface area contributed by atoms with Gasteiger partial charge in [-0.2, -0.15) is 0 Å². The number of carbonyl (C=O) groups excluding carboxylic acids is 1. The average molecular weight is 282 g/mol. The highest BCUT2D eigenvalue weighted by Gasteiger charge is 2.28. The molecule has 1 aliphatic carbocycles. The van der Waals surface area contributed by atoms with E-state index in [0.717, 1.165) is 35.5 Å². The minimum Gasteiger partial charge on any atom is -0.440 e. The van der Waals surface area contributed by atoms with Gasteiger partial charge >= 0.3 is 0 Å². The number of benzene rings is 1. The maximum atomic E-state index is 11.4. The number of anilines is 1. The summed E-state index contributed by atoms with van der Waals surface area (Å²) in [5, 5.41) is 2.78. The van der Waals surface area contributed by atoms with Crippen molar-refractivity contribution < 1.29 is 9.21 Å². The van der Waals surface area contributed by atoms with Crippen LogP contribution >= 0.6 is 12.4 Å². The Hall–Kier alpha value is -1.59. The zero-order chi connectivity index (χ0) is 12.5. The molecule has 6 heteroatoms. The fraction of sp³-hybridized carbons (Fsp3) is 0.385. The second kappa shape index (κ2) is 5.59. The summed E-state index contributed by atoms with van der Waals surface area (Å²) in [6.45, 7) is 0.349. The van der Waals surface area contributed by atoms with Crippen LogP contribution in [0, 0.1) is 0 Å². The molecule has 0 radical (unpaired) electrons. The van der Waals surface area contributed by atoms with E-state index >= 15 is 0 Å². The van der Waals surface area contributed by atoms with E-state index in [0.29, 0.717) is 18.9 Å². The molecule has 1 aliphatic rings.